The molecule has 0 bridgehead atoms. The molecule has 12 heavy (non-hydrogen) atoms. The van der Waals surface area contributed by atoms with E-state index in [0.29, 0.717) is 0 Å². The first-order chi connectivity index (χ1) is 5.62. The van der Waals surface area contributed by atoms with Gasteiger partial charge in [0.05, 0.1) is 18.6 Å². The Bertz CT molecular complexity index is 173. The minimum Gasteiger partial charge on any atom is -0.483 e. The molecule has 0 fully saturated rings. The highest BCUT2D eigenvalue weighted by Crippen LogP contribution is 1.99. The van der Waals surface area contributed by atoms with Crippen LogP contribution < -0.4 is 0 Å². The van der Waals surface area contributed by atoms with E-state index in [0.717, 1.165) is 0 Å². The Morgan fingerprint density at radius 2 is 2.17 bits per heavy atom. The third-order valence-corrected chi connectivity index (χ3v) is 0.937. The summed E-state index contributed by atoms with van der Waals surface area (Å²) >= 11 is 0. The lowest BCUT2D eigenvalue weighted by molar-refractivity contribution is -0.123. The van der Waals surface area contributed by atoms with Gasteiger partial charge in [-0.3, -0.25) is 9.59 Å². The number of Topliss-reactive ketones (excluding diaryl/α,β-unsaturated/α-hetero) is 1. The molecule has 5 heteroatoms. The second kappa shape index (κ2) is 9.59. The van der Waals surface area contributed by atoms with Crippen molar-refractivity contribution in [1.29, 1.82) is 5.26 Å². The first kappa shape index (κ1) is 13.2. The van der Waals surface area contributed by atoms with Crippen LogP contribution in [0.4, 0.5) is 0 Å². The number of carboxylic acid groups (broad SMARTS) is 1. The molecule has 0 aliphatic carbocycles. The van der Waals surface area contributed by atoms with Crippen molar-refractivity contribution >= 4 is 12.3 Å². The number of carbonyl (C=O) groups is 2. The second-order valence-electron chi connectivity index (χ2n) is 2.02. The fraction of sp³-hybridized carbons (Fsp3) is 0.571. The fourth-order valence-corrected chi connectivity index (χ4v) is 0.498. The van der Waals surface area contributed by atoms with E-state index in [1.54, 1.807) is 0 Å². The molecule has 5 nitrogen and oxygen atoms in total. The summed E-state index contributed by atoms with van der Waals surface area (Å²) in [5.74, 6) is -0.571. The maximum atomic E-state index is 10.3. The van der Waals surface area contributed by atoms with Crippen LogP contribution in [0.5, 0.6) is 0 Å². The molecule has 0 rings (SSSR count). The Morgan fingerprint density at radius 3 is 2.25 bits per heavy atom. The Labute approximate surface area is 70.2 Å². The van der Waals surface area contributed by atoms with Gasteiger partial charge in [-0.2, -0.15) is 5.26 Å². The molecular formula is C7H11NO4. The maximum Gasteiger partial charge on any atom is 0.290 e. The molecule has 0 spiro atoms. The molecule has 0 aromatic carbocycles. The number of nitriles is 1. The van der Waals surface area contributed by atoms with Crippen molar-refractivity contribution in [3.8, 4) is 6.07 Å². The van der Waals surface area contributed by atoms with E-state index in [1.807, 2.05) is 6.07 Å². The van der Waals surface area contributed by atoms with E-state index in [1.165, 1.54) is 6.92 Å². The van der Waals surface area contributed by atoms with E-state index >= 15 is 0 Å². The van der Waals surface area contributed by atoms with Crippen LogP contribution in [0.15, 0.2) is 0 Å². The SMILES string of the molecule is CC(=O)CC(C#N)CO.O=CO. The summed E-state index contributed by atoms with van der Waals surface area (Å²) in [4.78, 5) is 18.7. The van der Waals surface area contributed by atoms with Gasteiger partial charge in [-0.05, 0) is 6.92 Å². The van der Waals surface area contributed by atoms with E-state index < -0.39 is 5.92 Å². The smallest absolute Gasteiger partial charge is 0.290 e. The van der Waals surface area contributed by atoms with Crippen LogP contribution in [0.2, 0.25) is 0 Å². The summed E-state index contributed by atoms with van der Waals surface area (Å²) in [5, 5.41) is 23.5. The lowest BCUT2D eigenvalue weighted by atomic mass is 10.1. The van der Waals surface area contributed by atoms with Crippen LogP contribution in [0, 0.1) is 17.2 Å². The van der Waals surface area contributed by atoms with Crippen molar-refractivity contribution in [1.82, 2.24) is 0 Å². The average molecular weight is 173 g/mol. The first-order valence-electron chi connectivity index (χ1n) is 3.20. The van der Waals surface area contributed by atoms with Gasteiger partial charge in [0.15, 0.2) is 0 Å². The first-order valence-corrected chi connectivity index (χ1v) is 3.20. The molecule has 1 unspecified atom stereocenters. The predicted octanol–water partition coefficient (Wildman–Crippen LogP) is -0.202. The number of aliphatic hydroxyl groups excluding tert-OH is 1. The molecule has 0 saturated carbocycles. The minimum absolute atomic E-state index is 0.0596. The fourth-order valence-electron chi connectivity index (χ4n) is 0.498. The number of hydrogen-bond donors (Lipinski definition) is 2. The number of nitrogens with zero attached hydrogens (tertiary/aromatic N) is 1. The van der Waals surface area contributed by atoms with Gasteiger partial charge in [0.1, 0.15) is 5.78 Å². The highest BCUT2D eigenvalue weighted by atomic mass is 16.3. The molecular weight excluding hydrogens is 162 g/mol. The molecule has 0 aromatic rings. The van der Waals surface area contributed by atoms with Crippen molar-refractivity contribution in [2.75, 3.05) is 6.61 Å². The number of carbonyl (C=O) groups excluding carboxylic acids is 1. The molecule has 0 aliphatic heterocycles. The van der Waals surface area contributed by atoms with Crippen LogP contribution >= 0.6 is 0 Å². The summed E-state index contributed by atoms with van der Waals surface area (Å²) < 4.78 is 0. The summed E-state index contributed by atoms with van der Waals surface area (Å²) in [6.07, 6.45) is 0.160. The highest BCUT2D eigenvalue weighted by molar-refractivity contribution is 5.76. The summed E-state index contributed by atoms with van der Waals surface area (Å²) in [6, 6.07) is 1.81. The lowest BCUT2D eigenvalue weighted by Gasteiger charge is -1.98. The van der Waals surface area contributed by atoms with Crippen LogP contribution in [0.25, 0.3) is 0 Å². The Morgan fingerprint density at radius 1 is 1.75 bits per heavy atom. The van der Waals surface area contributed by atoms with Crippen molar-refractivity contribution in [2.45, 2.75) is 13.3 Å². The number of hydrogen-bond acceptors (Lipinski definition) is 4. The largest absolute Gasteiger partial charge is 0.483 e. The normalized spacial score (nSPS) is 10.1. The lowest BCUT2D eigenvalue weighted by Crippen LogP contribution is -2.07. The van der Waals surface area contributed by atoms with Gasteiger partial charge in [0, 0.05) is 6.42 Å². The molecule has 0 amide bonds. The topological polar surface area (TPSA) is 98.4 Å². The third-order valence-electron chi connectivity index (χ3n) is 0.937. The molecule has 68 valence electrons. The van der Waals surface area contributed by atoms with E-state index in [9.17, 15) is 4.79 Å². The van der Waals surface area contributed by atoms with Crippen molar-refractivity contribution in [3.63, 3.8) is 0 Å². The van der Waals surface area contributed by atoms with Crippen LogP contribution in [-0.2, 0) is 9.59 Å². The number of ketones is 1. The molecule has 2 N–H and O–H groups in total. The van der Waals surface area contributed by atoms with Crippen molar-refractivity contribution in [2.24, 2.45) is 5.92 Å². The van der Waals surface area contributed by atoms with E-state index in [4.69, 9.17) is 20.3 Å². The third kappa shape index (κ3) is 11.4. The Balaban J connectivity index is 0. The van der Waals surface area contributed by atoms with Crippen LogP contribution in [0.1, 0.15) is 13.3 Å². The molecule has 1 atom stereocenters. The quantitative estimate of drug-likeness (QED) is 0.576. The summed E-state index contributed by atoms with van der Waals surface area (Å²) in [7, 11) is 0. The number of aliphatic hydroxyl groups is 1. The van der Waals surface area contributed by atoms with Gasteiger partial charge in [-0.25, -0.2) is 0 Å². The second-order valence-corrected chi connectivity index (χ2v) is 2.02. The average Bonchev–Trinajstić information content (AvgIpc) is 2.01. The van der Waals surface area contributed by atoms with Crippen molar-refractivity contribution < 1.29 is 19.8 Å². The van der Waals surface area contributed by atoms with E-state index in [-0.39, 0.29) is 25.3 Å². The Hall–Kier alpha value is -1.41. The van der Waals surface area contributed by atoms with E-state index in [2.05, 4.69) is 0 Å². The standard InChI is InChI=1S/C6H9NO2.CH2O2/c1-5(9)2-6(3-7)4-8;2-1-3/h6,8H,2,4H2,1H3;1H,(H,2,3). The van der Waals surface area contributed by atoms with Crippen molar-refractivity contribution in [3.05, 3.63) is 0 Å². The zero-order chi connectivity index (χ0) is 9.98. The van der Waals surface area contributed by atoms with Gasteiger partial charge in [0.2, 0.25) is 0 Å². The molecule has 0 heterocycles. The maximum absolute atomic E-state index is 10.3. The minimum atomic E-state index is -0.512. The molecule has 0 saturated heterocycles. The zero-order valence-electron chi connectivity index (χ0n) is 6.73. The van der Waals surface area contributed by atoms with Gasteiger partial charge in [0.25, 0.3) is 6.47 Å². The molecule has 0 radical (unpaired) electrons. The zero-order valence-corrected chi connectivity index (χ0v) is 6.73. The van der Waals surface area contributed by atoms with Crippen LogP contribution in [0.3, 0.4) is 0 Å². The molecule has 0 aromatic heterocycles. The van der Waals surface area contributed by atoms with Gasteiger partial charge < -0.3 is 10.2 Å². The van der Waals surface area contributed by atoms with Gasteiger partial charge in [-0.1, -0.05) is 0 Å². The Kier molecular flexibility index (Phi) is 10.5. The molecule has 0 aliphatic rings. The van der Waals surface area contributed by atoms with Gasteiger partial charge >= 0.3 is 0 Å². The summed E-state index contributed by atoms with van der Waals surface area (Å²) in [6.45, 7) is 0.927. The highest BCUT2D eigenvalue weighted by Gasteiger charge is 2.06. The van der Waals surface area contributed by atoms with Gasteiger partial charge in [-0.15, -0.1) is 0 Å². The summed E-state index contributed by atoms with van der Waals surface area (Å²) in [5.41, 5.74) is 0. The van der Waals surface area contributed by atoms with Crippen LogP contribution in [-0.4, -0.2) is 29.1 Å². The number of rotatable bonds is 3. The predicted molar refractivity (Wildman–Crippen MR) is 40.2 cm³/mol. The monoisotopic (exact) mass is 173 g/mol.